The van der Waals surface area contributed by atoms with Crippen molar-refractivity contribution in [3.8, 4) is 0 Å². The normalized spacial score (nSPS) is 13.8. The minimum absolute atomic E-state index is 0.543. The number of aliphatic hydroxyl groups is 1. The van der Waals surface area contributed by atoms with Crippen molar-refractivity contribution in [2.24, 2.45) is 0 Å². The van der Waals surface area contributed by atoms with Gasteiger partial charge in [-0.25, -0.2) is 0 Å². The van der Waals surface area contributed by atoms with E-state index in [0.717, 1.165) is 25.0 Å². The van der Waals surface area contributed by atoms with Crippen LogP contribution < -0.4 is 0 Å². The van der Waals surface area contributed by atoms with Gasteiger partial charge in [0.1, 0.15) is 0 Å². The lowest BCUT2D eigenvalue weighted by atomic mass is 10.0. The molecule has 1 aromatic carbocycles. The molecule has 1 atom stereocenters. The SMILES string of the molecule is CCCC[C@@H](O)c1ccc(C(F)(F)F)cc1. The molecule has 0 radical (unpaired) electrons. The fraction of sp³-hybridized carbons (Fsp3) is 0.500. The molecule has 1 aromatic rings. The number of benzene rings is 1. The van der Waals surface area contributed by atoms with Crippen LogP contribution in [0.15, 0.2) is 24.3 Å². The van der Waals surface area contributed by atoms with E-state index in [2.05, 4.69) is 0 Å². The Hall–Kier alpha value is -1.03. The van der Waals surface area contributed by atoms with Gasteiger partial charge < -0.3 is 5.11 Å². The van der Waals surface area contributed by atoms with E-state index in [4.69, 9.17) is 0 Å². The molecule has 1 N–H and O–H groups in total. The predicted molar refractivity (Wildman–Crippen MR) is 55.9 cm³/mol. The van der Waals surface area contributed by atoms with E-state index in [1.807, 2.05) is 6.92 Å². The van der Waals surface area contributed by atoms with Crippen molar-refractivity contribution < 1.29 is 18.3 Å². The zero-order valence-corrected chi connectivity index (χ0v) is 9.09. The van der Waals surface area contributed by atoms with Crippen LogP contribution in [0.2, 0.25) is 0 Å². The number of rotatable bonds is 4. The maximum Gasteiger partial charge on any atom is 0.416 e. The van der Waals surface area contributed by atoms with Crippen molar-refractivity contribution in [1.82, 2.24) is 0 Å². The van der Waals surface area contributed by atoms with Crippen molar-refractivity contribution in [1.29, 1.82) is 0 Å². The molecule has 0 saturated carbocycles. The molecule has 0 aliphatic rings. The first-order chi connectivity index (χ1) is 7.45. The van der Waals surface area contributed by atoms with Crippen LogP contribution in [-0.2, 0) is 6.18 Å². The summed E-state index contributed by atoms with van der Waals surface area (Å²) < 4.78 is 36.8. The van der Waals surface area contributed by atoms with Crippen molar-refractivity contribution in [2.45, 2.75) is 38.5 Å². The lowest BCUT2D eigenvalue weighted by molar-refractivity contribution is -0.137. The van der Waals surface area contributed by atoms with Crippen LogP contribution in [0, 0.1) is 0 Å². The molecule has 4 heteroatoms. The quantitative estimate of drug-likeness (QED) is 0.833. The van der Waals surface area contributed by atoms with E-state index in [9.17, 15) is 18.3 Å². The smallest absolute Gasteiger partial charge is 0.388 e. The van der Waals surface area contributed by atoms with Crippen LogP contribution in [0.1, 0.15) is 43.4 Å². The van der Waals surface area contributed by atoms with Crippen LogP contribution in [0.25, 0.3) is 0 Å². The summed E-state index contributed by atoms with van der Waals surface area (Å²) in [4.78, 5) is 0. The number of hydrogen-bond acceptors (Lipinski definition) is 1. The maximum absolute atomic E-state index is 12.3. The van der Waals surface area contributed by atoms with Gasteiger partial charge in [0.05, 0.1) is 11.7 Å². The van der Waals surface area contributed by atoms with Gasteiger partial charge in [-0.15, -0.1) is 0 Å². The molecule has 0 aromatic heterocycles. The number of aliphatic hydroxyl groups excluding tert-OH is 1. The second-order valence-electron chi connectivity index (χ2n) is 3.78. The van der Waals surface area contributed by atoms with E-state index in [-0.39, 0.29) is 0 Å². The van der Waals surface area contributed by atoms with Crippen LogP contribution in [0.5, 0.6) is 0 Å². The molecule has 0 unspecified atom stereocenters. The van der Waals surface area contributed by atoms with E-state index in [1.54, 1.807) is 0 Å². The third-order valence-corrected chi connectivity index (χ3v) is 2.45. The second-order valence-corrected chi connectivity index (χ2v) is 3.78. The average Bonchev–Trinajstić information content (AvgIpc) is 2.25. The monoisotopic (exact) mass is 232 g/mol. The lowest BCUT2D eigenvalue weighted by Crippen LogP contribution is -2.05. The zero-order valence-electron chi connectivity index (χ0n) is 9.09. The highest BCUT2D eigenvalue weighted by molar-refractivity contribution is 5.25. The van der Waals surface area contributed by atoms with Gasteiger partial charge >= 0.3 is 6.18 Å². The van der Waals surface area contributed by atoms with Gasteiger partial charge in [0.2, 0.25) is 0 Å². The molecular formula is C12H15F3O. The molecule has 16 heavy (non-hydrogen) atoms. The molecule has 0 aliphatic heterocycles. The Bertz CT molecular complexity index is 316. The van der Waals surface area contributed by atoms with E-state index < -0.39 is 17.8 Å². The Morgan fingerprint density at radius 3 is 2.19 bits per heavy atom. The molecule has 0 saturated heterocycles. The van der Waals surface area contributed by atoms with E-state index in [0.29, 0.717) is 12.0 Å². The molecule has 1 rings (SSSR count). The summed E-state index contributed by atoms with van der Waals surface area (Å²) in [6, 6.07) is 4.68. The summed E-state index contributed by atoms with van der Waals surface area (Å²) in [6.07, 6.45) is -2.57. The van der Waals surface area contributed by atoms with Crippen LogP contribution >= 0.6 is 0 Å². The molecular weight excluding hydrogens is 217 g/mol. The largest absolute Gasteiger partial charge is 0.416 e. The molecule has 0 amide bonds. The van der Waals surface area contributed by atoms with Gasteiger partial charge in [-0.1, -0.05) is 31.9 Å². The Kier molecular flexibility index (Phi) is 4.35. The lowest BCUT2D eigenvalue weighted by Gasteiger charge is -2.12. The Labute approximate surface area is 92.9 Å². The van der Waals surface area contributed by atoms with Gasteiger partial charge in [0.25, 0.3) is 0 Å². The number of unbranched alkanes of at least 4 members (excludes halogenated alkanes) is 1. The molecule has 0 heterocycles. The third-order valence-electron chi connectivity index (χ3n) is 2.45. The Morgan fingerprint density at radius 1 is 1.19 bits per heavy atom. The predicted octanol–water partition coefficient (Wildman–Crippen LogP) is 3.93. The van der Waals surface area contributed by atoms with Crippen molar-refractivity contribution >= 4 is 0 Å². The molecule has 0 fully saturated rings. The molecule has 1 nitrogen and oxygen atoms in total. The van der Waals surface area contributed by atoms with Crippen LogP contribution in [-0.4, -0.2) is 5.11 Å². The maximum atomic E-state index is 12.3. The highest BCUT2D eigenvalue weighted by Crippen LogP contribution is 2.30. The number of alkyl halides is 3. The Morgan fingerprint density at radius 2 is 1.75 bits per heavy atom. The van der Waals surface area contributed by atoms with Gasteiger partial charge in [0, 0.05) is 0 Å². The topological polar surface area (TPSA) is 20.2 Å². The first-order valence-electron chi connectivity index (χ1n) is 5.30. The first kappa shape index (κ1) is 13.0. The van der Waals surface area contributed by atoms with Gasteiger partial charge in [-0.05, 0) is 24.1 Å². The molecule has 90 valence electrons. The van der Waals surface area contributed by atoms with E-state index >= 15 is 0 Å². The number of hydrogen-bond donors (Lipinski definition) is 1. The first-order valence-corrected chi connectivity index (χ1v) is 5.30. The summed E-state index contributed by atoms with van der Waals surface area (Å²) >= 11 is 0. The summed E-state index contributed by atoms with van der Waals surface area (Å²) in [5, 5.41) is 9.66. The van der Waals surface area contributed by atoms with Crippen molar-refractivity contribution in [3.63, 3.8) is 0 Å². The highest BCUT2D eigenvalue weighted by atomic mass is 19.4. The highest BCUT2D eigenvalue weighted by Gasteiger charge is 2.30. The summed E-state index contributed by atoms with van der Waals surface area (Å²) in [7, 11) is 0. The fourth-order valence-corrected chi connectivity index (χ4v) is 1.46. The summed E-state index contributed by atoms with van der Waals surface area (Å²) in [5.41, 5.74) is -0.139. The van der Waals surface area contributed by atoms with Crippen LogP contribution in [0.4, 0.5) is 13.2 Å². The molecule has 0 bridgehead atoms. The zero-order chi connectivity index (χ0) is 12.2. The van der Waals surface area contributed by atoms with Crippen molar-refractivity contribution in [3.05, 3.63) is 35.4 Å². The van der Waals surface area contributed by atoms with Gasteiger partial charge in [-0.3, -0.25) is 0 Å². The molecule has 0 aliphatic carbocycles. The standard InChI is InChI=1S/C12H15F3O/c1-2-3-4-11(16)9-5-7-10(8-6-9)12(13,14)15/h5-8,11,16H,2-4H2,1H3/t11-/m1/s1. The Balaban J connectivity index is 2.71. The molecule has 0 spiro atoms. The summed E-state index contributed by atoms with van der Waals surface area (Å²) in [5.74, 6) is 0. The van der Waals surface area contributed by atoms with Crippen molar-refractivity contribution in [2.75, 3.05) is 0 Å². The third kappa shape index (κ3) is 3.52. The van der Waals surface area contributed by atoms with E-state index in [1.165, 1.54) is 12.1 Å². The number of halogens is 3. The van der Waals surface area contributed by atoms with Gasteiger partial charge in [-0.2, -0.15) is 13.2 Å². The van der Waals surface area contributed by atoms with Gasteiger partial charge in [0.15, 0.2) is 0 Å². The fourth-order valence-electron chi connectivity index (χ4n) is 1.46. The second kappa shape index (κ2) is 5.34. The van der Waals surface area contributed by atoms with Crippen LogP contribution in [0.3, 0.4) is 0 Å². The summed E-state index contributed by atoms with van der Waals surface area (Å²) in [6.45, 7) is 2.00. The minimum Gasteiger partial charge on any atom is -0.388 e. The average molecular weight is 232 g/mol. The minimum atomic E-state index is -4.31.